The molecule has 0 unspecified atom stereocenters. The zero-order valence-electron chi connectivity index (χ0n) is 12.7. The lowest BCUT2D eigenvalue weighted by atomic mass is 10.2. The molecule has 3 rings (SSSR count). The molecule has 3 amide bonds. The Morgan fingerprint density at radius 3 is 2.70 bits per heavy atom. The minimum atomic E-state index is -0.485. The van der Waals surface area contributed by atoms with Gasteiger partial charge in [-0.3, -0.25) is 20.0 Å². The fraction of sp³-hybridized carbons (Fsp3) is 0.188. The summed E-state index contributed by atoms with van der Waals surface area (Å²) >= 11 is 0. The Morgan fingerprint density at radius 1 is 1.22 bits per heavy atom. The second kappa shape index (κ2) is 5.96. The highest BCUT2D eigenvalue weighted by molar-refractivity contribution is 6.13. The molecule has 1 aliphatic heterocycles. The van der Waals surface area contributed by atoms with Gasteiger partial charge in [-0.25, -0.2) is 4.79 Å². The first-order valence-electron chi connectivity index (χ1n) is 6.97. The lowest BCUT2D eigenvalue weighted by Gasteiger charge is -2.19. The number of rotatable bonds is 4. The summed E-state index contributed by atoms with van der Waals surface area (Å²) in [6.45, 7) is 1.70. The zero-order valence-corrected chi connectivity index (χ0v) is 12.7. The number of methoxy groups -OCH3 is 1. The molecule has 118 valence electrons. The molecule has 1 saturated heterocycles. The molecule has 0 atom stereocenters. The van der Waals surface area contributed by atoms with Gasteiger partial charge in [-0.1, -0.05) is 6.07 Å². The second-order valence-electron chi connectivity index (χ2n) is 4.96. The van der Waals surface area contributed by atoms with Crippen molar-refractivity contribution in [1.29, 1.82) is 0 Å². The summed E-state index contributed by atoms with van der Waals surface area (Å²) < 4.78 is 11.0. The van der Waals surface area contributed by atoms with Crippen LogP contribution in [0.4, 0.5) is 10.5 Å². The van der Waals surface area contributed by atoms with Crippen molar-refractivity contribution in [2.75, 3.05) is 18.6 Å². The van der Waals surface area contributed by atoms with Gasteiger partial charge in [0, 0.05) is 18.3 Å². The van der Waals surface area contributed by atoms with Crippen molar-refractivity contribution in [2.24, 2.45) is 0 Å². The average molecular weight is 313 g/mol. The van der Waals surface area contributed by atoms with Gasteiger partial charge < -0.3 is 9.47 Å². The van der Waals surface area contributed by atoms with Crippen LogP contribution in [0.3, 0.4) is 0 Å². The number of hydrogen-bond acceptors (Lipinski definition) is 5. The highest BCUT2D eigenvalue weighted by atomic mass is 16.5. The first kappa shape index (κ1) is 14.8. The van der Waals surface area contributed by atoms with Crippen molar-refractivity contribution < 1.29 is 19.1 Å². The van der Waals surface area contributed by atoms with Crippen molar-refractivity contribution in [2.45, 2.75) is 6.92 Å². The van der Waals surface area contributed by atoms with Gasteiger partial charge in [-0.15, -0.1) is 0 Å². The van der Waals surface area contributed by atoms with E-state index in [1.54, 1.807) is 50.6 Å². The van der Waals surface area contributed by atoms with E-state index in [0.717, 1.165) is 0 Å². The van der Waals surface area contributed by atoms with Gasteiger partial charge in [0.05, 0.1) is 12.8 Å². The minimum Gasteiger partial charge on any atom is -0.497 e. The van der Waals surface area contributed by atoms with E-state index >= 15 is 0 Å². The number of aryl methyl sites for hydroxylation is 1. The Bertz CT molecular complexity index is 776. The van der Waals surface area contributed by atoms with Crippen LogP contribution in [0.25, 0.3) is 0 Å². The quantitative estimate of drug-likeness (QED) is 0.876. The average Bonchev–Trinajstić information content (AvgIpc) is 2.86. The molecule has 1 N–H and O–H groups in total. The molecule has 0 bridgehead atoms. The standard InChI is InChI=1S/C16H15N3O4/c1-10-15(19-9-14(20)18-16(19)21)13(6-7-17-10)23-12-5-3-4-11(8-12)22-2/h3-8H,9H2,1-2H3,(H,18,20,21). The highest BCUT2D eigenvalue weighted by Gasteiger charge is 2.31. The summed E-state index contributed by atoms with van der Waals surface area (Å²) in [6, 6.07) is 8.28. The number of urea groups is 1. The van der Waals surface area contributed by atoms with E-state index in [9.17, 15) is 9.59 Å². The van der Waals surface area contributed by atoms with Gasteiger partial charge >= 0.3 is 6.03 Å². The molecule has 7 nitrogen and oxygen atoms in total. The highest BCUT2D eigenvalue weighted by Crippen LogP contribution is 2.35. The molecule has 0 radical (unpaired) electrons. The number of carbonyl (C=O) groups excluding carboxylic acids is 2. The number of benzene rings is 1. The number of nitrogens with zero attached hydrogens (tertiary/aromatic N) is 2. The first-order chi connectivity index (χ1) is 11.1. The number of carbonyl (C=O) groups is 2. The maximum absolute atomic E-state index is 11.9. The topological polar surface area (TPSA) is 80.8 Å². The minimum absolute atomic E-state index is 0.0557. The van der Waals surface area contributed by atoms with Gasteiger partial charge in [-0.2, -0.15) is 0 Å². The van der Waals surface area contributed by atoms with Crippen molar-refractivity contribution in [3.8, 4) is 17.2 Å². The van der Waals surface area contributed by atoms with Crippen molar-refractivity contribution in [3.63, 3.8) is 0 Å². The van der Waals surface area contributed by atoms with Gasteiger partial charge in [0.2, 0.25) is 5.91 Å². The summed E-state index contributed by atoms with van der Waals surface area (Å²) in [5.41, 5.74) is 1.06. The van der Waals surface area contributed by atoms with Crippen LogP contribution < -0.4 is 19.7 Å². The summed E-state index contributed by atoms with van der Waals surface area (Å²) in [6.07, 6.45) is 1.59. The number of imide groups is 1. The maximum Gasteiger partial charge on any atom is 0.329 e. The number of ether oxygens (including phenoxy) is 2. The summed E-state index contributed by atoms with van der Waals surface area (Å²) in [7, 11) is 1.57. The lowest BCUT2D eigenvalue weighted by molar-refractivity contribution is -0.117. The molecular weight excluding hydrogens is 298 g/mol. The molecule has 2 heterocycles. The van der Waals surface area contributed by atoms with E-state index in [1.807, 2.05) is 0 Å². The van der Waals surface area contributed by atoms with Crippen LogP contribution in [0.5, 0.6) is 17.2 Å². The SMILES string of the molecule is COc1cccc(Oc2ccnc(C)c2N2CC(=O)NC2=O)c1. The number of anilines is 1. The Balaban J connectivity index is 1.98. The summed E-state index contributed by atoms with van der Waals surface area (Å²) in [5, 5.41) is 2.25. The van der Waals surface area contributed by atoms with E-state index in [2.05, 4.69) is 10.3 Å². The van der Waals surface area contributed by atoms with Crippen molar-refractivity contribution >= 4 is 17.6 Å². The Labute approximate surface area is 132 Å². The molecule has 2 aromatic rings. The number of amides is 3. The third kappa shape index (κ3) is 2.94. The van der Waals surface area contributed by atoms with E-state index in [1.165, 1.54) is 4.90 Å². The monoisotopic (exact) mass is 313 g/mol. The second-order valence-corrected chi connectivity index (χ2v) is 4.96. The molecule has 0 spiro atoms. The molecule has 1 aromatic heterocycles. The summed E-state index contributed by atoms with van der Waals surface area (Å²) in [5.74, 6) is 1.30. The fourth-order valence-corrected chi connectivity index (χ4v) is 2.36. The molecular formula is C16H15N3O4. The van der Waals surface area contributed by atoms with Gasteiger partial charge in [0.25, 0.3) is 0 Å². The van der Waals surface area contributed by atoms with E-state index < -0.39 is 6.03 Å². The molecule has 1 aromatic carbocycles. The number of pyridine rings is 1. The Kier molecular flexibility index (Phi) is 3.84. The third-order valence-electron chi connectivity index (χ3n) is 3.40. The normalized spacial score (nSPS) is 13.9. The predicted octanol–water partition coefficient (Wildman–Crippen LogP) is 2.25. The van der Waals surface area contributed by atoms with Crippen LogP contribution in [-0.4, -0.2) is 30.6 Å². The lowest BCUT2D eigenvalue weighted by Crippen LogP contribution is -2.29. The Hall–Kier alpha value is -3.09. The molecule has 1 fully saturated rings. The molecule has 23 heavy (non-hydrogen) atoms. The van der Waals surface area contributed by atoms with Crippen LogP contribution in [-0.2, 0) is 4.79 Å². The van der Waals surface area contributed by atoms with E-state index in [-0.39, 0.29) is 12.5 Å². The zero-order chi connectivity index (χ0) is 16.4. The van der Waals surface area contributed by atoms with Crippen LogP contribution in [0.15, 0.2) is 36.5 Å². The van der Waals surface area contributed by atoms with Gasteiger partial charge in [0.15, 0.2) is 5.75 Å². The van der Waals surface area contributed by atoms with Crippen LogP contribution in [0.1, 0.15) is 5.69 Å². The third-order valence-corrected chi connectivity index (χ3v) is 3.40. The molecule has 0 aliphatic carbocycles. The number of nitrogens with one attached hydrogen (secondary N) is 1. The predicted molar refractivity (Wildman–Crippen MR) is 82.9 cm³/mol. The number of aromatic nitrogens is 1. The van der Waals surface area contributed by atoms with Crippen molar-refractivity contribution in [1.82, 2.24) is 10.3 Å². The first-order valence-corrected chi connectivity index (χ1v) is 6.97. The molecule has 1 aliphatic rings. The largest absolute Gasteiger partial charge is 0.497 e. The maximum atomic E-state index is 11.9. The van der Waals surface area contributed by atoms with Crippen molar-refractivity contribution in [3.05, 3.63) is 42.2 Å². The van der Waals surface area contributed by atoms with Gasteiger partial charge in [0.1, 0.15) is 23.7 Å². The van der Waals surface area contributed by atoms with Gasteiger partial charge in [-0.05, 0) is 19.1 Å². The molecule has 7 heteroatoms. The van der Waals surface area contributed by atoms with Crippen LogP contribution in [0, 0.1) is 6.92 Å². The Morgan fingerprint density at radius 2 is 2.00 bits per heavy atom. The van der Waals surface area contributed by atoms with E-state index in [0.29, 0.717) is 28.6 Å². The van der Waals surface area contributed by atoms with E-state index in [4.69, 9.17) is 9.47 Å². The van der Waals surface area contributed by atoms with Crippen LogP contribution >= 0.6 is 0 Å². The smallest absolute Gasteiger partial charge is 0.329 e. The van der Waals surface area contributed by atoms with Crippen LogP contribution in [0.2, 0.25) is 0 Å². The summed E-state index contributed by atoms with van der Waals surface area (Å²) in [4.78, 5) is 28.9. The fourth-order valence-electron chi connectivity index (χ4n) is 2.36. The molecule has 0 saturated carbocycles. The number of hydrogen-bond donors (Lipinski definition) is 1.